The summed E-state index contributed by atoms with van der Waals surface area (Å²) in [7, 11) is 0. The highest BCUT2D eigenvalue weighted by Gasteiger charge is 2.13. The molecule has 0 aliphatic carbocycles. The van der Waals surface area contributed by atoms with E-state index >= 15 is 0 Å². The Hall–Kier alpha value is -1.42. The third-order valence-corrected chi connectivity index (χ3v) is 1.84. The van der Waals surface area contributed by atoms with E-state index in [2.05, 4.69) is 4.98 Å². The topological polar surface area (TPSA) is 65.2 Å². The summed E-state index contributed by atoms with van der Waals surface area (Å²) in [4.78, 5) is 14.8. The lowest BCUT2D eigenvalue weighted by Crippen LogP contribution is -2.11. The molecule has 1 aromatic heterocycles. The van der Waals surface area contributed by atoms with Crippen molar-refractivity contribution in [3.8, 4) is 0 Å². The Kier molecular flexibility index (Phi) is 1.55. The van der Waals surface area contributed by atoms with Gasteiger partial charge in [-0.3, -0.25) is 9.78 Å². The first kappa shape index (κ1) is 7.24. The molecule has 4 nitrogen and oxygen atoms in total. The van der Waals surface area contributed by atoms with E-state index in [9.17, 15) is 4.79 Å². The van der Waals surface area contributed by atoms with E-state index in [1.165, 1.54) is 6.20 Å². The van der Waals surface area contributed by atoms with Crippen LogP contribution in [0.25, 0.3) is 0 Å². The van der Waals surface area contributed by atoms with Crippen molar-refractivity contribution in [2.75, 3.05) is 0 Å². The van der Waals surface area contributed by atoms with Crippen molar-refractivity contribution in [1.82, 2.24) is 4.98 Å². The lowest BCUT2D eigenvalue weighted by molar-refractivity contribution is 0.1000. The van der Waals surface area contributed by atoms with E-state index in [0.29, 0.717) is 18.8 Å². The van der Waals surface area contributed by atoms with Gasteiger partial charge in [0.25, 0.3) is 0 Å². The molecule has 0 radical (unpaired) electrons. The Morgan fingerprint density at radius 3 is 3.17 bits per heavy atom. The van der Waals surface area contributed by atoms with Crippen LogP contribution in [0.4, 0.5) is 0 Å². The molecule has 1 aromatic rings. The number of fused-ring (bicyclic) bond motifs is 1. The average Bonchev–Trinajstić information content (AvgIpc) is 2.49. The number of aromatic nitrogens is 1. The second-order valence-electron chi connectivity index (χ2n) is 2.69. The smallest absolute Gasteiger partial charge is 0.250 e. The number of nitrogens with two attached hydrogens (primary N) is 1. The first-order chi connectivity index (χ1) is 5.77. The van der Waals surface area contributed by atoms with Crippen molar-refractivity contribution < 1.29 is 9.53 Å². The Bertz CT molecular complexity index is 336. The van der Waals surface area contributed by atoms with Gasteiger partial charge in [-0.05, 0) is 6.07 Å². The molecule has 12 heavy (non-hydrogen) atoms. The number of pyridine rings is 1. The van der Waals surface area contributed by atoms with Crippen LogP contribution in [0.15, 0.2) is 12.3 Å². The molecular formula is C8H8N2O2. The summed E-state index contributed by atoms with van der Waals surface area (Å²) in [5.74, 6) is -0.447. The Morgan fingerprint density at radius 2 is 2.42 bits per heavy atom. The maximum absolute atomic E-state index is 10.7. The standard InChI is InChI=1S/C8H8N2O2/c9-8(11)5-1-6-3-12-4-7(6)10-2-5/h1-2H,3-4H2,(H2,9,11). The quantitative estimate of drug-likeness (QED) is 0.645. The third kappa shape index (κ3) is 1.06. The predicted octanol–water partition coefficient (Wildman–Crippen LogP) is 0.211. The van der Waals surface area contributed by atoms with E-state index in [4.69, 9.17) is 10.5 Å². The molecule has 62 valence electrons. The number of carbonyl (C=O) groups excluding carboxylic acids is 1. The molecule has 2 N–H and O–H groups in total. The van der Waals surface area contributed by atoms with Gasteiger partial charge in [0.15, 0.2) is 0 Å². The molecule has 1 amide bonds. The van der Waals surface area contributed by atoms with E-state index in [1.54, 1.807) is 6.07 Å². The van der Waals surface area contributed by atoms with Crippen LogP contribution in [0, 0.1) is 0 Å². The third-order valence-electron chi connectivity index (χ3n) is 1.84. The van der Waals surface area contributed by atoms with Gasteiger partial charge in [0.2, 0.25) is 5.91 Å². The molecule has 4 heteroatoms. The molecule has 0 spiro atoms. The van der Waals surface area contributed by atoms with Crippen LogP contribution in [0.3, 0.4) is 0 Å². The van der Waals surface area contributed by atoms with Crippen LogP contribution in [0.5, 0.6) is 0 Å². The highest BCUT2D eigenvalue weighted by Crippen LogP contribution is 2.17. The van der Waals surface area contributed by atoms with Crippen LogP contribution < -0.4 is 5.73 Å². The number of hydrogen-bond donors (Lipinski definition) is 1. The number of ether oxygens (including phenoxy) is 1. The number of carbonyl (C=O) groups is 1. The zero-order valence-electron chi connectivity index (χ0n) is 6.41. The molecule has 0 atom stereocenters. The second kappa shape index (κ2) is 2.57. The zero-order chi connectivity index (χ0) is 8.55. The summed E-state index contributed by atoms with van der Waals surface area (Å²) in [6.45, 7) is 1.07. The molecule has 2 heterocycles. The minimum absolute atomic E-state index is 0.444. The van der Waals surface area contributed by atoms with Gasteiger partial charge in [0, 0.05) is 11.8 Å². The summed E-state index contributed by atoms with van der Waals surface area (Å²) >= 11 is 0. The van der Waals surface area contributed by atoms with Gasteiger partial charge < -0.3 is 10.5 Å². The summed E-state index contributed by atoms with van der Waals surface area (Å²) in [6, 6.07) is 1.73. The molecule has 0 bridgehead atoms. The molecular weight excluding hydrogens is 156 g/mol. The van der Waals surface area contributed by atoms with Crippen molar-refractivity contribution in [1.29, 1.82) is 0 Å². The van der Waals surface area contributed by atoms with Crippen LogP contribution in [0.1, 0.15) is 21.6 Å². The molecule has 0 saturated heterocycles. The Labute approximate surface area is 69.4 Å². The highest BCUT2D eigenvalue weighted by atomic mass is 16.5. The molecule has 0 saturated carbocycles. The van der Waals surface area contributed by atoms with Gasteiger partial charge in [-0.25, -0.2) is 0 Å². The molecule has 1 aliphatic heterocycles. The summed E-state index contributed by atoms with van der Waals surface area (Å²) in [5.41, 5.74) is 7.40. The van der Waals surface area contributed by atoms with Gasteiger partial charge in [-0.15, -0.1) is 0 Å². The Morgan fingerprint density at radius 1 is 1.58 bits per heavy atom. The number of nitrogens with zero attached hydrogens (tertiary/aromatic N) is 1. The largest absolute Gasteiger partial charge is 0.370 e. The lowest BCUT2D eigenvalue weighted by atomic mass is 10.1. The van der Waals surface area contributed by atoms with Crippen LogP contribution in [-0.4, -0.2) is 10.9 Å². The first-order valence-electron chi connectivity index (χ1n) is 3.63. The molecule has 1 aliphatic rings. The molecule has 0 fully saturated rings. The van der Waals surface area contributed by atoms with Gasteiger partial charge in [-0.1, -0.05) is 0 Å². The van der Waals surface area contributed by atoms with Gasteiger partial charge in [0.1, 0.15) is 0 Å². The number of primary amides is 1. The van der Waals surface area contributed by atoms with E-state index in [-0.39, 0.29) is 0 Å². The normalized spacial score (nSPS) is 14.3. The van der Waals surface area contributed by atoms with Gasteiger partial charge in [-0.2, -0.15) is 0 Å². The highest BCUT2D eigenvalue weighted by molar-refractivity contribution is 5.92. The lowest BCUT2D eigenvalue weighted by Gasteiger charge is -1.97. The van der Waals surface area contributed by atoms with E-state index in [1.807, 2.05) is 0 Å². The average molecular weight is 164 g/mol. The zero-order valence-corrected chi connectivity index (χ0v) is 6.41. The fraction of sp³-hybridized carbons (Fsp3) is 0.250. The minimum Gasteiger partial charge on any atom is -0.370 e. The number of rotatable bonds is 1. The Balaban J connectivity index is 2.45. The number of amides is 1. The predicted molar refractivity (Wildman–Crippen MR) is 41.2 cm³/mol. The van der Waals surface area contributed by atoms with Crippen molar-refractivity contribution >= 4 is 5.91 Å². The first-order valence-corrected chi connectivity index (χ1v) is 3.63. The molecule has 0 aromatic carbocycles. The van der Waals surface area contributed by atoms with Crippen molar-refractivity contribution in [2.24, 2.45) is 5.73 Å². The fourth-order valence-corrected chi connectivity index (χ4v) is 1.19. The van der Waals surface area contributed by atoms with Crippen LogP contribution in [0.2, 0.25) is 0 Å². The van der Waals surface area contributed by atoms with Gasteiger partial charge >= 0.3 is 0 Å². The van der Waals surface area contributed by atoms with Crippen molar-refractivity contribution in [3.63, 3.8) is 0 Å². The SMILES string of the molecule is NC(=O)c1cnc2c(c1)COC2. The van der Waals surface area contributed by atoms with Crippen LogP contribution >= 0.6 is 0 Å². The van der Waals surface area contributed by atoms with Gasteiger partial charge in [0.05, 0.1) is 24.5 Å². The van der Waals surface area contributed by atoms with Crippen molar-refractivity contribution in [2.45, 2.75) is 13.2 Å². The molecule has 2 rings (SSSR count). The van der Waals surface area contributed by atoms with E-state index < -0.39 is 5.91 Å². The maximum atomic E-state index is 10.7. The minimum atomic E-state index is -0.447. The summed E-state index contributed by atoms with van der Waals surface area (Å²) in [6.07, 6.45) is 1.48. The number of hydrogen-bond acceptors (Lipinski definition) is 3. The van der Waals surface area contributed by atoms with E-state index in [0.717, 1.165) is 11.3 Å². The second-order valence-corrected chi connectivity index (χ2v) is 2.69. The summed E-state index contributed by atoms with van der Waals surface area (Å²) in [5, 5.41) is 0. The molecule has 0 unspecified atom stereocenters. The monoisotopic (exact) mass is 164 g/mol. The maximum Gasteiger partial charge on any atom is 0.250 e. The van der Waals surface area contributed by atoms with Crippen LogP contribution in [-0.2, 0) is 18.0 Å². The fourth-order valence-electron chi connectivity index (χ4n) is 1.19. The summed E-state index contributed by atoms with van der Waals surface area (Å²) < 4.78 is 5.14. The van der Waals surface area contributed by atoms with Crippen molar-refractivity contribution in [3.05, 3.63) is 29.1 Å².